The van der Waals surface area contributed by atoms with Crippen LogP contribution in [0.25, 0.3) is 0 Å². The van der Waals surface area contributed by atoms with E-state index in [1.807, 2.05) is 6.07 Å². The number of aryl methyl sites for hydroxylation is 1. The fraction of sp³-hybridized carbons (Fsp3) is 0.476. The van der Waals surface area contributed by atoms with Crippen LogP contribution in [0.15, 0.2) is 40.8 Å². The maximum Gasteiger partial charge on any atom is 0.287 e. The van der Waals surface area contributed by atoms with Crippen LogP contribution in [0.1, 0.15) is 66.1 Å². The Balaban J connectivity index is 1.61. The topological polar surface area (TPSA) is 45.5 Å². The number of benzene rings is 1. The standard InChI is InChI=1S/C21H28N2O2/c1-3-19(17-9-7-16(2)8-10-17)22-21(24)20-12-11-18(25-20)15-23-13-5-4-6-14-23/h7-12,19H,3-6,13-15H2,1-2H3,(H,22,24). The van der Waals surface area contributed by atoms with Gasteiger partial charge in [-0.15, -0.1) is 0 Å². The fourth-order valence-corrected chi connectivity index (χ4v) is 3.37. The van der Waals surface area contributed by atoms with Crippen molar-refractivity contribution in [3.63, 3.8) is 0 Å². The molecule has 134 valence electrons. The second-order valence-corrected chi connectivity index (χ2v) is 6.95. The Bertz CT molecular complexity index is 684. The quantitative estimate of drug-likeness (QED) is 0.845. The van der Waals surface area contributed by atoms with Gasteiger partial charge in [0.25, 0.3) is 5.91 Å². The van der Waals surface area contributed by atoms with Crippen molar-refractivity contribution in [2.45, 2.75) is 52.1 Å². The molecule has 1 aliphatic heterocycles. The van der Waals surface area contributed by atoms with Gasteiger partial charge in [-0.05, 0) is 57.0 Å². The van der Waals surface area contributed by atoms with E-state index < -0.39 is 0 Å². The summed E-state index contributed by atoms with van der Waals surface area (Å²) in [6.07, 6.45) is 4.67. The highest BCUT2D eigenvalue weighted by atomic mass is 16.4. The van der Waals surface area contributed by atoms with Crippen LogP contribution in [0.3, 0.4) is 0 Å². The molecule has 25 heavy (non-hydrogen) atoms. The molecule has 2 aromatic rings. The first kappa shape index (κ1) is 17.7. The molecule has 1 N–H and O–H groups in total. The van der Waals surface area contributed by atoms with Crippen molar-refractivity contribution in [1.29, 1.82) is 0 Å². The zero-order valence-corrected chi connectivity index (χ0v) is 15.3. The van der Waals surface area contributed by atoms with Crippen LogP contribution >= 0.6 is 0 Å². The minimum atomic E-state index is -0.141. The smallest absolute Gasteiger partial charge is 0.287 e. The van der Waals surface area contributed by atoms with Gasteiger partial charge in [-0.3, -0.25) is 9.69 Å². The fourth-order valence-electron chi connectivity index (χ4n) is 3.37. The lowest BCUT2D eigenvalue weighted by molar-refractivity contribution is 0.0903. The number of nitrogens with one attached hydrogen (secondary N) is 1. The molecule has 0 radical (unpaired) electrons. The third-order valence-electron chi connectivity index (χ3n) is 4.91. The second kappa shape index (κ2) is 8.34. The van der Waals surface area contributed by atoms with Crippen LogP contribution in [0, 0.1) is 6.92 Å². The van der Waals surface area contributed by atoms with E-state index in [9.17, 15) is 4.79 Å². The molecule has 3 rings (SSSR count). The number of likely N-dealkylation sites (tertiary alicyclic amines) is 1. The molecule has 0 bridgehead atoms. The van der Waals surface area contributed by atoms with E-state index in [0.717, 1.165) is 37.4 Å². The van der Waals surface area contributed by atoms with Crippen molar-refractivity contribution in [2.24, 2.45) is 0 Å². The van der Waals surface area contributed by atoms with E-state index >= 15 is 0 Å². The normalized spacial score (nSPS) is 16.6. The average molecular weight is 340 g/mol. The molecule has 4 heteroatoms. The lowest BCUT2D eigenvalue weighted by atomic mass is 10.0. The number of piperidine rings is 1. The lowest BCUT2D eigenvalue weighted by Crippen LogP contribution is -2.29. The van der Waals surface area contributed by atoms with Crippen molar-refractivity contribution >= 4 is 5.91 Å². The lowest BCUT2D eigenvalue weighted by Gasteiger charge is -2.25. The van der Waals surface area contributed by atoms with E-state index in [2.05, 4.69) is 48.3 Å². The molecule has 0 saturated carbocycles. The molecule has 1 unspecified atom stereocenters. The predicted molar refractivity (Wildman–Crippen MR) is 99.5 cm³/mol. The molecule has 1 fully saturated rings. The molecular formula is C21H28N2O2. The molecule has 2 heterocycles. The minimum absolute atomic E-state index is 0.00347. The highest BCUT2D eigenvalue weighted by Gasteiger charge is 2.18. The second-order valence-electron chi connectivity index (χ2n) is 6.95. The van der Waals surface area contributed by atoms with Gasteiger partial charge in [0, 0.05) is 0 Å². The molecule has 1 saturated heterocycles. The van der Waals surface area contributed by atoms with E-state index in [4.69, 9.17) is 4.42 Å². The molecule has 4 nitrogen and oxygen atoms in total. The molecule has 0 aliphatic carbocycles. The number of hydrogen-bond donors (Lipinski definition) is 1. The average Bonchev–Trinajstić information content (AvgIpc) is 3.10. The van der Waals surface area contributed by atoms with Crippen LogP contribution in [0.2, 0.25) is 0 Å². The maximum absolute atomic E-state index is 12.5. The Morgan fingerprint density at radius 2 is 1.84 bits per heavy atom. The number of rotatable bonds is 6. The minimum Gasteiger partial charge on any atom is -0.455 e. The Kier molecular flexibility index (Phi) is 5.92. The van der Waals surface area contributed by atoms with Gasteiger partial charge in [0.2, 0.25) is 0 Å². The monoisotopic (exact) mass is 340 g/mol. The highest BCUT2D eigenvalue weighted by Crippen LogP contribution is 2.19. The van der Waals surface area contributed by atoms with Crippen molar-refractivity contribution in [2.75, 3.05) is 13.1 Å². The maximum atomic E-state index is 12.5. The summed E-state index contributed by atoms with van der Waals surface area (Å²) in [6.45, 7) is 7.17. The molecule has 1 aromatic heterocycles. The Hall–Kier alpha value is -2.07. The van der Waals surface area contributed by atoms with Gasteiger partial charge in [-0.2, -0.15) is 0 Å². The zero-order chi connectivity index (χ0) is 17.6. The number of carbonyl (C=O) groups excluding carboxylic acids is 1. The SMILES string of the molecule is CCC(NC(=O)c1ccc(CN2CCCCC2)o1)c1ccc(C)cc1. The van der Waals surface area contributed by atoms with Gasteiger partial charge in [-0.25, -0.2) is 0 Å². The molecule has 0 spiro atoms. The van der Waals surface area contributed by atoms with Gasteiger partial charge in [0.1, 0.15) is 5.76 Å². The summed E-state index contributed by atoms with van der Waals surface area (Å²) < 4.78 is 5.79. The van der Waals surface area contributed by atoms with Crippen LogP contribution < -0.4 is 5.32 Å². The van der Waals surface area contributed by atoms with Gasteiger partial charge in [-0.1, -0.05) is 43.2 Å². The summed E-state index contributed by atoms with van der Waals surface area (Å²) in [5, 5.41) is 3.09. The van der Waals surface area contributed by atoms with E-state index in [1.165, 1.54) is 24.8 Å². The van der Waals surface area contributed by atoms with Crippen molar-refractivity contribution in [1.82, 2.24) is 10.2 Å². The van der Waals surface area contributed by atoms with E-state index in [1.54, 1.807) is 6.07 Å². The van der Waals surface area contributed by atoms with Gasteiger partial charge < -0.3 is 9.73 Å². The van der Waals surface area contributed by atoms with Crippen LogP contribution in [0.4, 0.5) is 0 Å². The third-order valence-corrected chi connectivity index (χ3v) is 4.91. The van der Waals surface area contributed by atoms with Gasteiger partial charge in [0.05, 0.1) is 12.6 Å². The van der Waals surface area contributed by atoms with E-state index in [0.29, 0.717) is 5.76 Å². The predicted octanol–water partition coefficient (Wildman–Crippen LogP) is 4.46. The van der Waals surface area contributed by atoms with Crippen molar-refractivity contribution in [3.8, 4) is 0 Å². The summed E-state index contributed by atoms with van der Waals surface area (Å²) in [7, 11) is 0. The number of furan rings is 1. The Morgan fingerprint density at radius 1 is 1.12 bits per heavy atom. The molecule has 1 atom stereocenters. The van der Waals surface area contributed by atoms with Crippen molar-refractivity contribution < 1.29 is 9.21 Å². The highest BCUT2D eigenvalue weighted by molar-refractivity contribution is 5.91. The van der Waals surface area contributed by atoms with Crippen molar-refractivity contribution in [3.05, 3.63) is 59.0 Å². The molecule has 1 aromatic carbocycles. The van der Waals surface area contributed by atoms with Crippen LogP contribution in [-0.4, -0.2) is 23.9 Å². The number of hydrogen-bond acceptors (Lipinski definition) is 3. The first-order valence-electron chi connectivity index (χ1n) is 9.34. The zero-order valence-electron chi connectivity index (χ0n) is 15.3. The summed E-state index contributed by atoms with van der Waals surface area (Å²) in [5.41, 5.74) is 2.35. The van der Waals surface area contributed by atoms with Crippen LogP contribution in [0.5, 0.6) is 0 Å². The Morgan fingerprint density at radius 3 is 2.52 bits per heavy atom. The molecular weight excluding hydrogens is 312 g/mol. The number of amides is 1. The summed E-state index contributed by atoms with van der Waals surface area (Å²) in [4.78, 5) is 14.9. The first-order valence-corrected chi connectivity index (χ1v) is 9.34. The summed E-state index contributed by atoms with van der Waals surface area (Å²) in [6, 6.07) is 12.0. The summed E-state index contributed by atoms with van der Waals surface area (Å²) >= 11 is 0. The van der Waals surface area contributed by atoms with Crippen LogP contribution in [-0.2, 0) is 6.54 Å². The molecule has 1 amide bonds. The largest absolute Gasteiger partial charge is 0.455 e. The molecule has 1 aliphatic rings. The summed E-state index contributed by atoms with van der Waals surface area (Å²) in [5.74, 6) is 1.13. The first-order chi connectivity index (χ1) is 12.2. The number of carbonyl (C=O) groups is 1. The van der Waals surface area contributed by atoms with E-state index in [-0.39, 0.29) is 11.9 Å². The number of nitrogens with zero attached hydrogens (tertiary/aromatic N) is 1. The van der Waals surface area contributed by atoms with Gasteiger partial charge in [0.15, 0.2) is 5.76 Å². The third kappa shape index (κ3) is 4.73. The van der Waals surface area contributed by atoms with Gasteiger partial charge >= 0.3 is 0 Å². The Labute approximate surface area is 150 Å².